The van der Waals surface area contributed by atoms with Crippen molar-refractivity contribution in [2.24, 2.45) is 11.8 Å². The second kappa shape index (κ2) is 4.94. The fourth-order valence-electron chi connectivity index (χ4n) is 1.33. The Hall–Kier alpha value is -0.112. The molecule has 2 bridgehead atoms. The van der Waals surface area contributed by atoms with Gasteiger partial charge in [-0.1, -0.05) is 24.3 Å². The van der Waals surface area contributed by atoms with Crippen LogP contribution in [0.3, 0.4) is 0 Å². The van der Waals surface area contributed by atoms with Crippen molar-refractivity contribution in [2.75, 3.05) is 0 Å². The van der Waals surface area contributed by atoms with Gasteiger partial charge < -0.3 is 17.3 Å². The molecule has 0 spiro atoms. The number of fused-ring (bicyclic) bond motifs is 2. The minimum atomic E-state index is -6.00. The molecule has 0 atom stereocenters. The van der Waals surface area contributed by atoms with E-state index < -0.39 is 7.25 Å². The van der Waals surface area contributed by atoms with Gasteiger partial charge in [0.2, 0.25) is 0 Å². The molecule has 2 aliphatic carbocycles. The monoisotopic (exact) mass is 283 g/mol. The normalized spacial score (nSPS) is 28.0. The summed E-state index contributed by atoms with van der Waals surface area (Å²) in [4.78, 5) is 0. The first-order chi connectivity index (χ1) is 5.45. The summed E-state index contributed by atoms with van der Waals surface area (Å²) in [7, 11) is -6.00. The van der Waals surface area contributed by atoms with E-state index >= 15 is 0 Å². The van der Waals surface area contributed by atoms with E-state index in [0.29, 0.717) is 0 Å². The van der Waals surface area contributed by atoms with Gasteiger partial charge in [0, 0.05) is 19.5 Å². The molecule has 0 aromatic rings. The number of rotatable bonds is 0. The first-order valence-electron chi connectivity index (χ1n) is 3.69. The van der Waals surface area contributed by atoms with Crippen molar-refractivity contribution in [3.05, 3.63) is 24.3 Å². The van der Waals surface area contributed by atoms with Crippen LogP contribution in [0.1, 0.15) is 7.85 Å². The van der Waals surface area contributed by atoms with Gasteiger partial charge in [0.05, 0.1) is 0 Å². The first-order valence-corrected chi connectivity index (χ1v) is 3.69. The Kier molecular flexibility index (Phi) is 4.90. The maximum atomic E-state index is 9.75. The van der Waals surface area contributed by atoms with Crippen LogP contribution in [0.2, 0.25) is 0 Å². The molecule has 77 valence electrons. The van der Waals surface area contributed by atoms with Crippen LogP contribution in [0.15, 0.2) is 24.3 Å². The summed E-state index contributed by atoms with van der Waals surface area (Å²) in [6.07, 6.45) is 10.5. The Morgan fingerprint density at radius 2 is 1.15 bits per heavy atom. The van der Waals surface area contributed by atoms with Crippen LogP contribution < -0.4 is 0 Å². The van der Waals surface area contributed by atoms with E-state index in [0.717, 1.165) is 11.8 Å². The zero-order chi connectivity index (χ0) is 9.19. The van der Waals surface area contributed by atoms with Crippen molar-refractivity contribution < 1.29 is 38.2 Å². The smallest absolute Gasteiger partial charge is 0.418 e. The van der Waals surface area contributed by atoms with E-state index in [1.807, 2.05) is 0 Å². The van der Waals surface area contributed by atoms with E-state index in [2.05, 4.69) is 24.3 Å². The fraction of sp³-hybridized carbons (Fsp3) is 0.429. The van der Waals surface area contributed by atoms with Crippen LogP contribution in [0.25, 0.3) is 0 Å². The molecule has 1 radical (unpaired) electrons. The standard InChI is InChI=1S/C7H8.BF4.Rh/c1-2-7-4-3-6(1)5-7;2-1(3,4)5;/h1-4,6-7H,5H2;;/q;-1;/p+1. The van der Waals surface area contributed by atoms with Gasteiger partial charge in [-0.25, -0.2) is 0 Å². The van der Waals surface area contributed by atoms with Crippen molar-refractivity contribution in [3.63, 3.8) is 0 Å². The molecule has 0 nitrogen and oxygen atoms in total. The second-order valence-electron chi connectivity index (χ2n) is 2.83. The average Bonchev–Trinajstić information content (AvgIpc) is 2.42. The van der Waals surface area contributed by atoms with Gasteiger partial charge in [-0.2, -0.15) is 0 Å². The van der Waals surface area contributed by atoms with Crippen LogP contribution in [0.4, 0.5) is 17.3 Å². The van der Waals surface area contributed by atoms with Crippen molar-refractivity contribution >= 4 is 7.25 Å². The Balaban J connectivity index is 0. The third-order valence-corrected chi connectivity index (χ3v) is 1.76. The molecule has 0 saturated heterocycles. The van der Waals surface area contributed by atoms with Gasteiger partial charge in [0.25, 0.3) is 0 Å². The fourth-order valence-corrected chi connectivity index (χ4v) is 1.33. The molecule has 0 unspecified atom stereocenters. The Morgan fingerprint density at radius 1 is 0.923 bits per heavy atom. The Morgan fingerprint density at radius 3 is 1.23 bits per heavy atom. The maximum absolute atomic E-state index is 9.75. The molecule has 0 N–H and O–H groups in total. The van der Waals surface area contributed by atoms with Crippen molar-refractivity contribution in [1.82, 2.24) is 0 Å². The van der Waals surface area contributed by atoms with Crippen LogP contribution in [-0.2, 0) is 19.5 Å². The zero-order valence-corrected chi connectivity index (χ0v) is 8.23. The molecular formula is C7H9BF4Rh. The molecule has 2 aliphatic rings. The summed E-state index contributed by atoms with van der Waals surface area (Å²) in [5, 5.41) is 0. The van der Waals surface area contributed by atoms with Gasteiger partial charge >= 0.3 is 8.68 Å². The third kappa shape index (κ3) is 6.03. The van der Waals surface area contributed by atoms with Crippen molar-refractivity contribution in [2.45, 2.75) is 6.42 Å². The molecule has 2 rings (SSSR count). The number of hydrogen-bond donors (Lipinski definition) is 0. The summed E-state index contributed by atoms with van der Waals surface area (Å²) in [6.45, 7) is 0. The van der Waals surface area contributed by atoms with Gasteiger partial charge in [-0.3, -0.25) is 0 Å². The van der Waals surface area contributed by atoms with Gasteiger partial charge in [-0.15, -0.1) is 0 Å². The third-order valence-electron chi connectivity index (χ3n) is 1.76. The molecule has 0 aliphatic heterocycles. The number of halogens is 4. The van der Waals surface area contributed by atoms with E-state index in [9.17, 15) is 17.3 Å². The van der Waals surface area contributed by atoms with Gasteiger partial charge in [-0.05, 0) is 18.3 Å². The van der Waals surface area contributed by atoms with Gasteiger partial charge in [0.15, 0.2) is 0 Å². The summed E-state index contributed by atoms with van der Waals surface area (Å²) in [6, 6.07) is 0. The second-order valence-corrected chi connectivity index (χ2v) is 2.83. The Bertz CT molecular complexity index is 182. The predicted molar refractivity (Wildman–Crippen MR) is 41.2 cm³/mol. The summed E-state index contributed by atoms with van der Waals surface area (Å²) in [5.41, 5.74) is 0. The van der Waals surface area contributed by atoms with Crippen molar-refractivity contribution in [1.29, 1.82) is 0 Å². The largest absolute Gasteiger partial charge is 1.00 e. The van der Waals surface area contributed by atoms with E-state index in [-0.39, 0.29) is 20.9 Å². The molecule has 0 saturated carbocycles. The molecule has 0 amide bonds. The minimum Gasteiger partial charge on any atom is -0.418 e. The zero-order valence-electron chi connectivity index (χ0n) is 7.59. The van der Waals surface area contributed by atoms with E-state index in [1.165, 1.54) is 6.42 Å². The van der Waals surface area contributed by atoms with Crippen molar-refractivity contribution in [3.8, 4) is 0 Å². The molecular weight excluding hydrogens is 274 g/mol. The van der Waals surface area contributed by atoms with E-state index in [1.54, 1.807) is 0 Å². The molecule has 0 aromatic heterocycles. The SMILES string of the molecule is C1=CC2C=CC1C2.F[B-](F)(F)F.[H+].[Rh]. The van der Waals surface area contributed by atoms with Crippen LogP contribution in [0.5, 0.6) is 0 Å². The quantitative estimate of drug-likeness (QED) is 0.364. The molecule has 6 heteroatoms. The van der Waals surface area contributed by atoms with E-state index in [4.69, 9.17) is 0 Å². The number of allylic oxidation sites excluding steroid dienone is 4. The molecule has 0 aromatic carbocycles. The van der Waals surface area contributed by atoms with Crippen LogP contribution in [0, 0.1) is 11.8 Å². The van der Waals surface area contributed by atoms with Crippen LogP contribution >= 0.6 is 0 Å². The molecule has 0 fully saturated rings. The number of hydrogen-bond acceptors (Lipinski definition) is 0. The predicted octanol–water partition coefficient (Wildman–Crippen LogP) is 3.16. The molecule has 0 heterocycles. The Labute approximate surface area is 88.4 Å². The summed E-state index contributed by atoms with van der Waals surface area (Å²) in [5.74, 6) is 1.62. The van der Waals surface area contributed by atoms with Gasteiger partial charge in [0.1, 0.15) is 0 Å². The first kappa shape index (κ1) is 12.9. The summed E-state index contributed by atoms with van der Waals surface area (Å²) < 4.78 is 39.0. The average molecular weight is 283 g/mol. The molecule has 13 heavy (non-hydrogen) atoms. The minimum absolute atomic E-state index is 0. The summed E-state index contributed by atoms with van der Waals surface area (Å²) >= 11 is 0. The maximum Gasteiger partial charge on any atom is 1.00 e. The topological polar surface area (TPSA) is 0 Å². The van der Waals surface area contributed by atoms with Crippen LogP contribution in [-0.4, -0.2) is 7.25 Å².